The molecule has 160 valence electrons. The van der Waals surface area contributed by atoms with Gasteiger partial charge in [-0.15, -0.1) is 0 Å². The van der Waals surface area contributed by atoms with Gasteiger partial charge in [-0.2, -0.15) is 0 Å². The molecule has 11 heteroatoms. The molecule has 2 unspecified atom stereocenters. The van der Waals surface area contributed by atoms with E-state index in [0.29, 0.717) is 17.7 Å². The number of rotatable bonds is 6. The summed E-state index contributed by atoms with van der Waals surface area (Å²) in [5.41, 5.74) is 17.6. The molecule has 1 saturated carbocycles. The third-order valence-corrected chi connectivity index (χ3v) is 5.00. The molecule has 0 aliphatic heterocycles. The molecule has 2 atom stereocenters. The second-order valence-electron chi connectivity index (χ2n) is 7.10. The van der Waals surface area contributed by atoms with Gasteiger partial charge in [-0.25, -0.2) is 18.2 Å². The zero-order valence-electron chi connectivity index (χ0n) is 15.9. The summed E-state index contributed by atoms with van der Waals surface area (Å²) in [6.45, 7) is 0. The van der Waals surface area contributed by atoms with Gasteiger partial charge >= 0.3 is 0 Å². The number of halogens is 3. The number of primary amides is 1. The predicted molar refractivity (Wildman–Crippen MR) is 109 cm³/mol. The summed E-state index contributed by atoms with van der Waals surface area (Å²) in [7, 11) is 0. The second kappa shape index (κ2) is 8.19. The van der Waals surface area contributed by atoms with Crippen molar-refractivity contribution in [1.29, 1.82) is 5.41 Å². The molecule has 0 radical (unpaired) electrons. The lowest BCUT2D eigenvalue weighted by Crippen LogP contribution is -2.55. The van der Waals surface area contributed by atoms with Crippen molar-refractivity contribution < 1.29 is 18.0 Å². The normalized spacial score (nSPS) is 20.4. The van der Waals surface area contributed by atoms with E-state index < -0.39 is 35.5 Å². The molecule has 1 aromatic carbocycles. The lowest BCUT2D eigenvalue weighted by molar-refractivity contribution is -0.0512. The van der Waals surface area contributed by atoms with Crippen molar-refractivity contribution in [3.05, 3.63) is 41.2 Å². The number of nitrogens with one attached hydrogen (secondary N) is 3. The smallest absolute Gasteiger partial charge is 0.269 e. The highest BCUT2D eigenvalue weighted by atomic mass is 19.3. The van der Waals surface area contributed by atoms with E-state index in [0.717, 1.165) is 12.3 Å². The van der Waals surface area contributed by atoms with E-state index >= 15 is 0 Å². The van der Waals surface area contributed by atoms with E-state index in [4.69, 9.17) is 22.6 Å². The molecule has 0 spiro atoms. The fraction of sp³-hybridized carbons (Fsp3) is 0.316. The number of anilines is 4. The molecular weight excluding hydrogens is 399 g/mol. The van der Waals surface area contributed by atoms with Gasteiger partial charge in [0.2, 0.25) is 0 Å². The molecule has 1 amide bonds. The molecule has 1 heterocycles. The predicted octanol–water partition coefficient (Wildman–Crippen LogP) is 2.57. The number of carbonyl (C=O) groups excluding carboxylic acids is 1. The fourth-order valence-electron chi connectivity index (χ4n) is 3.42. The topological polar surface area (TPSA) is 156 Å². The van der Waals surface area contributed by atoms with E-state index in [1.54, 1.807) is 18.2 Å². The first-order chi connectivity index (χ1) is 14.1. The number of hydrogen-bond acceptors (Lipinski definition) is 7. The summed E-state index contributed by atoms with van der Waals surface area (Å²) in [5.74, 6) is -5.82. The zero-order valence-corrected chi connectivity index (χ0v) is 15.9. The Morgan fingerprint density at radius 3 is 2.70 bits per heavy atom. The number of amides is 1. The van der Waals surface area contributed by atoms with Gasteiger partial charge in [0.05, 0.1) is 11.3 Å². The quantitative estimate of drug-likeness (QED) is 0.311. The number of hydrogen-bond donors (Lipinski definition) is 6. The minimum Gasteiger partial charge on any atom is -0.398 e. The van der Waals surface area contributed by atoms with Crippen LogP contribution in [-0.2, 0) is 0 Å². The molecule has 0 saturated heterocycles. The Bertz CT molecular complexity index is 983. The standard InChI is InChI=1S/C19H22F3N7O/c20-11-7-9(16(26)30)17(27-14-5-1-3-12(24)10(14)8-23)29-18(11)28-15-13(25)4-2-6-19(15,21)22/h1,3,5,7-8,13,15,23H,2,4,6,24-25H2,(H2,26,30)(H2,27,28,29). The Balaban J connectivity index is 2.02. The number of benzene rings is 1. The van der Waals surface area contributed by atoms with Gasteiger partial charge in [0.1, 0.15) is 11.9 Å². The maximum Gasteiger partial charge on any atom is 0.269 e. The number of aromatic nitrogens is 1. The van der Waals surface area contributed by atoms with E-state index in [1.807, 2.05) is 0 Å². The summed E-state index contributed by atoms with van der Waals surface area (Å²) < 4.78 is 43.2. The molecule has 30 heavy (non-hydrogen) atoms. The highest BCUT2D eigenvalue weighted by molar-refractivity contribution is 6.00. The van der Waals surface area contributed by atoms with E-state index in [2.05, 4.69) is 15.6 Å². The fourth-order valence-corrected chi connectivity index (χ4v) is 3.42. The van der Waals surface area contributed by atoms with Gasteiger partial charge in [0.15, 0.2) is 11.6 Å². The summed E-state index contributed by atoms with van der Waals surface area (Å²) in [6, 6.07) is 3.11. The minimum atomic E-state index is -3.15. The van der Waals surface area contributed by atoms with Gasteiger partial charge in [-0.05, 0) is 31.0 Å². The molecule has 1 fully saturated rings. The molecule has 9 N–H and O–H groups in total. The maximum absolute atomic E-state index is 14.6. The SMILES string of the molecule is N=Cc1c(N)cccc1Nc1nc(NC2C(N)CCCC2(F)F)c(F)cc1C(N)=O. The summed E-state index contributed by atoms with van der Waals surface area (Å²) in [4.78, 5) is 15.8. The summed E-state index contributed by atoms with van der Waals surface area (Å²) in [5, 5.41) is 12.7. The summed E-state index contributed by atoms with van der Waals surface area (Å²) in [6.07, 6.45) is 1.23. The van der Waals surface area contributed by atoms with Crippen LogP contribution in [0.15, 0.2) is 24.3 Å². The zero-order chi connectivity index (χ0) is 22.1. The Hall–Kier alpha value is -3.34. The van der Waals surface area contributed by atoms with Crippen LogP contribution in [0.2, 0.25) is 0 Å². The Labute approximate surface area is 170 Å². The first-order valence-electron chi connectivity index (χ1n) is 9.20. The molecule has 1 aromatic heterocycles. The molecular formula is C19H22F3N7O. The number of nitrogen functional groups attached to an aromatic ring is 1. The average Bonchev–Trinajstić information content (AvgIpc) is 2.66. The van der Waals surface area contributed by atoms with Gasteiger partial charge in [0, 0.05) is 29.9 Å². The van der Waals surface area contributed by atoms with Crippen molar-refractivity contribution in [2.24, 2.45) is 11.5 Å². The van der Waals surface area contributed by atoms with Gasteiger partial charge in [-0.3, -0.25) is 4.79 Å². The Morgan fingerprint density at radius 2 is 2.07 bits per heavy atom. The van der Waals surface area contributed by atoms with Crippen molar-refractivity contribution >= 4 is 35.1 Å². The van der Waals surface area contributed by atoms with Crippen LogP contribution in [0, 0.1) is 11.2 Å². The van der Waals surface area contributed by atoms with Crippen molar-refractivity contribution in [1.82, 2.24) is 4.98 Å². The number of nitrogens with zero attached hydrogens (tertiary/aromatic N) is 1. The van der Waals surface area contributed by atoms with Gasteiger partial charge in [-0.1, -0.05) is 6.07 Å². The molecule has 8 nitrogen and oxygen atoms in total. The van der Waals surface area contributed by atoms with Crippen molar-refractivity contribution in [2.45, 2.75) is 37.3 Å². The van der Waals surface area contributed by atoms with Crippen LogP contribution in [0.3, 0.4) is 0 Å². The summed E-state index contributed by atoms with van der Waals surface area (Å²) >= 11 is 0. The van der Waals surface area contributed by atoms with Crippen LogP contribution < -0.4 is 27.8 Å². The Morgan fingerprint density at radius 1 is 1.33 bits per heavy atom. The molecule has 1 aliphatic rings. The molecule has 3 rings (SSSR count). The van der Waals surface area contributed by atoms with Crippen LogP contribution in [0.4, 0.5) is 36.2 Å². The van der Waals surface area contributed by atoms with Crippen LogP contribution in [0.5, 0.6) is 0 Å². The second-order valence-corrected chi connectivity index (χ2v) is 7.10. The lowest BCUT2D eigenvalue weighted by Gasteiger charge is -2.36. The van der Waals surface area contributed by atoms with Crippen LogP contribution in [0.25, 0.3) is 0 Å². The highest BCUT2D eigenvalue weighted by Crippen LogP contribution is 2.36. The first-order valence-corrected chi connectivity index (χ1v) is 9.20. The number of nitrogens with two attached hydrogens (primary N) is 3. The average molecular weight is 421 g/mol. The minimum absolute atomic E-state index is 0.173. The number of pyridine rings is 1. The van der Waals surface area contributed by atoms with Gasteiger partial charge in [0.25, 0.3) is 11.8 Å². The van der Waals surface area contributed by atoms with Crippen LogP contribution in [0.1, 0.15) is 35.2 Å². The van der Waals surface area contributed by atoms with Gasteiger partial charge < -0.3 is 33.2 Å². The van der Waals surface area contributed by atoms with E-state index in [-0.39, 0.29) is 29.9 Å². The Kier molecular flexibility index (Phi) is 5.83. The van der Waals surface area contributed by atoms with Crippen molar-refractivity contribution in [3.8, 4) is 0 Å². The largest absolute Gasteiger partial charge is 0.398 e. The van der Waals surface area contributed by atoms with E-state index in [1.165, 1.54) is 0 Å². The third-order valence-electron chi connectivity index (χ3n) is 5.00. The highest BCUT2D eigenvalue weighted by Gasteiger charge is 2.46. The first kappa shape index (κ1) is 21.4. The maximum atomic E-state index is 14.6. The van der Waals surface area contributed by atoms with Crippen LogP contribution in [-0.4, -0.2) is 35.1 Å². The van der Waals surface area contributed by atoms with Crippen LogP contribution >= 0.6 is 0 Å². The monoisotopic (exact) mass is 421 g/mol. The third kappa shape index (κ3) is 4.15. The lowest BCUT2D eigenvalue weighted by atomic mass is 9.87. The van der Waals surface area contributed by atoms with Crippen molar-refractivity contribution in [3.63, 3.8) is 0 Å². The number of alkyl halides is 2. The molecule has 1 aliphatic carbocycles. The molecule has 2 aromatic rings. The number of carbonyl (C=O) groups is 1. The van der Waals surface area contributed by atoms with E-state index in [9.17, 15) is 18.0 Å². The van der Waals surface area contributed by atoms with Crippen molar-refractivity contribution in [2.75, 3.05) is 16.4 Å². The molecule has 0 bridgehead atoms.